The molecule has 0 aromatic heterocycles. The second kappa shape index (κ2) is 8.84. The maximum atomic E-state index is 12.1. The molecule has 0 atom stereocenters. The number of amides is 1. The Labute approximate surface area is 156 Å². The molecule has 1 heterocycles. The van der Waals surface area contributed by atoms with Gasteiger partial charge in [0.1, 0.15) is 11.8 Å². The van der Waals surface area contributed by atoms with E-state index < -0.39 is 0 Å². The maximum absolute atomic E-state index is 12.1. The Morgan fingerprint density at radius 2 is 2.00 bits per heavy atom. The number of nitrogens with zero attached hydrogens (tertiary/aromatic N) is 1. The maximum Gasteiger partial charge on any atom is 0.262 e. The van der Waals surface area contributed by atoms with E-state index in [4.69, 9.17) is 10.00 Å². The van der Waals surface area contributed by atoms with Gasteiger partial charge in [-0.05, 0) is 47.8 Å². The van der Waals surface area contributed by atoms with Crippen molar-refractivity contribution >= 4 is 35.1 Å². The number of nitriles is 1. The molecule has 0 bridgehead atoms. The van der Waals surface area contributed by atoms with Crippen LogP contribution >= 0.6 is 23.5 Å². The Morgan fingerprint density at radius 1 is 1.20 bits per heavy atom. The molecule has 2 aromatic rings. The van der Waals surface area contributed by atoms with Crippen molar-refractivity contribution in [2.75, 3.05) is 23.4 Å². The second-order valence-corrected chi connectivity index (χ2v) is 8.22. The fraction of sp³-hybridized carbons (Fsp3) is 0.263. The molecule has 0 aliphatic carbocycles. The zero-order valence-corrected chi connectivity index (χ0v) is 15.2. The topological polar surface area (TPSA) is 62.1 Å². The third-order valence-electron chi connectivity index (χ3n) is 3.64. The normalized spacial score (nSPS) is 14.5. The number of hydrogen-bond acceptors (Lipinski definition) is 5. The summed E-state index contributed by atoms with van der Waals surface area (Å²) < 4.78 is 5.90. The van der Waals surface area contributed by atoms with Crippen LogP contribution in [0.2, 0.25) is 0 Å². The summed E-state index contributed by atoms with van der Waals surface area (Å²) >= 11 is 3.90. The lowest BCUT2D eigenvalue weighted by Crippen LogP contribution is -2.20. The number of ether oxygens (including phenoxy) is 1. The van der Waals surface area contributed by atoms with Crippen molar-refractivity contribution in [2.24, 2.45) is 0 Å². The van der Waals surface area contributed by atoms with Gasteiger partial charge in [-0.25, -0.2) is 0 Å². The van der Waals surface area contributed by atoms with Crippen LogP contribution in [0.1, 0.15) is 22.1 Å². The lowest BCUT2D eigenvalue weighted by molar-refractivity contribution is -0.118. The molecule has 1 aliphatic heterocycles. The van der Waals surface area contributed by atoms with Crippen LogP contribution in [0.4, 0.5) is 5.69 Å². The molecule has 1 saturated heterocycles. The molecule has 1 fully saturated rings. The average molecular weight is 370 g/mol. The molecule has 0 spiro atoms. The van der Waals surface area contributed by atoms with Gasteiger partial charge in [0.05, 0.1) is 10.1 Å². The minimum atomic E-state index is -0.242. The van der Waals surface area contributed by atoms with Gasteiger partial charge >= 0.3 is 0 Å². The number of hydrogen-bond donors (Lipinski definition) is 1. The molecule has 4 nitrogen and oxygen atoms in total. The Hall–Kier alpha value is -2.10. The zero-order valence-electron chi connectivity index (χ0n) is 13.6. The van der Waals surface area contributed by atoms with E-state index in [-0.39, 0.29) is 12.5 Å². The first-order valence-corrected chi connectivity index (χ1v) is 10.1. The monoisotopic (exact) mass is 370 g/mol. The smallest absolute Gasteiger partial charge is 0.262 e. The largest absolute Gasteiger partial charge is 0.482 e. The van der Waals surface area contributed by atoms with Gasteiger partial charge in [-0.2, -0.15) is 5.26 Å². The summed E-state index contributed by atoms with van der Waals surface area (Å²) in [4.78, 5) is 12.1. The minimum absolute atomic E-state index is 0.129. The number of benzene rings is 2. The minimum Gasteiger partial charge on any atom is -0.482 e. The van der Waals surface area contributed by atoms with E-state index in [2.05, 4.69) is 17.5 Å². The molecule has 0 saturated carbocycles. The first-order chi connectivity index (χ1) is 12.3. The van der Waals surface area contributed by atoms with Crippen LogP contribution in [0.15, 0.2) is 48.5 Å². The van der Waals surface area contributed by atoms with E-state index in [1.165, 1.54) is 23.5 Å². The molecule has 3 rings (SSSR count). The second-order valence-electron chi connectivity index (χ2n) is 5.50. The van der Waals surface area contributed by atoms with Crippen molar-refractivity contribution in [3.05, 3.63) is 59.7 Å². The molecule has 0 unspecified atom stereocenters. The first-order valence-electron chi connectivity index (χ1n) is 8.01. The lowest BCUT2D eigenvalue weighted by Gasteiger charge is -2.21. The quantitative estimate of drug-likeness (QED) is 0.843. The van der Waals surface area contributed by atoms with Crippen molar-refractivity contribution in [1.29, 1.82) is 5.26 Å². The standard InChI is InChI=1S/C19H18N2O2S2/c20-12-15-5-1-2-8-17(15)23-13-18(22)21-16-7-3-6-14(11-16)19-24-9-4-10-25-19/h1-3,5-8,11,19H,4,9-10,13H2,(H,21,22). The Morgan fingerprint density at radius 3 is 2.80 bits per heavy atom. The zero-order chi connectivity index (χ0) is 17.5. The summed E-state index contributed by atoms with van der Waals surface area (Å²) in [7, 11) is 0. The molecule has 25 heavy (non-hydrogen) atoms. The van der Waals surface area contributed by atoms with Crippen LogP contribution in [0, 0.1) is 11.3 Å². The number of anilines is 1. The molecule has 0 radical (unpaired) electrons. The van der Waals surface area contributed by atoms with Crippen molar-refractivity contribution in [2.45, 2.75) is 11.0 Å². The van der Waals surface area contributed by atoms with Crippen LogP contribution in [-0.4, -0.2) is 24.0 Å². The fourth-order valence-electron chi connectivity index (χ4n) is 2.47. The lowest BCUT2D eigenvalue weighted by atomic mass is 10.2. The van der Waals surface area contributed by atoms with Gasteiger partial charge in [0.2, 0.25) is 0 Å². The Balaban J connectivity index is 1.58. The van der Waals surface area contributed by atoms with Crippen LogP contribution in [0.3, 0.4) is 0 Å². The molecule has 2 aromatic carbocycles. The van der Waals surface area contributed by atoms with Crippen molar-refractivity contribution < 1.29 is 9.53 Å². The SMILES string of the molecule is N#Cc1ccccc1OCC(=O)Nc1cccc(C2SCCCS2)c1. The van der Waals surface area contributed by atoms with Gasteiger partial charge in [-0.1, -0.05) is 24.3 Å². The average Bonchev–Trinajstić information content (AvgIpc) is 2.67. The molecule has 128 valence electrons. The number of para-hydroxylation sites is 1. The highest BCUT2D eigenvalue weighted by Crippen LogP contribution is 2.44. The highest BCUT2D eigenvalue weighted by molar-refractivity contribution is 8.16. The van der Waals surface area contributed by atoms with E-state index in [1.54, 1.807) is 24.3 Å². The molecule has 1 amide bonds. The van der Waals surface area contributed by atoms with Crippen LogP contribution in [0.5, 0.6) is 5.75 Å². The van der Waals surface area contributed by atoms with Crippen molar-refractivity contribution in [3.63, 3.8) is 0 Å². The number of carbonyl (C=O) groups is 1. The van der Waals surface area contributed by atoms with Gasteiger partial charge in [0.25, 0.3) is 5.91 Å². The van der Waals surface area contributed by atoms with E-state index in [9.17, 15) is 4.79 Å². The molecule has 1 aliphatic rings. The van der Waals surface area contributed by atoms with E-state index >= 15 is 0 Å². The molecular formula is C19H18N2O2S2. The Kier molecular flexibility index (Phi) is 6.26. The van der Waals surface area contributed by atoms with Crippen LogP contribution < -0.4 is 10.1 Å². The third kappa shape index (κ3) is 4.94. The highest BCUT2D eigenvalue weighted by Gasteiger charge is 2.17. The van der Waals surface area contributed by atoms with Gasteiger partial charge in [0, 0.05) is 5.69 Å². The van der Waals surface area contributed by atoms with Crippen molar-refractivity contribution in [1.82, 2.24) is 0 Å². The summed E-state index contributed by atoms with van der Waals surface area (Å²) in [5.41, 5.74) is 2.42. The van der Waals surface area contributed by atoms with E-state index in [0.29, 0.717) is 15.9 Å². The third-order valence-corrected chi connectivity index (χ3v) is 6.65. The van der Waals surface area contributed by atoms with Crippen molar-refractivity contribution in [3.8, 4) is 11.8 Å². The summed E-state index contributed by atoms with van der Waals surface area (Å²) in [5, 5.41) is 11.9. The first kappa shape index (κ1) is 17.7. The molecular weight excluding hydrogens is 352 g/mol. The van der Waals surface area contributed by atoms with Gasteiger partial charge in [-0.3, -0.25) is 4.79 Å². The highest BCUT2D eigenvalue weighted by atomic mass is 32.2. The summed E-state index contributed by atoms with van der Waals surface area (Å²) in [6, 6.07) is 16.9. The number of thioether (sulfide) groups is 2. The number of carbonyl (C=O) groups excluding carboxylic acids is 1. The van der Waals surface area contributed by atoms with E-state index in [0.717, 1.165) is 5.69 Å². The predicted molar refractivity (Wildman–Crippen MR) is 104 cm³/mol. The predicted octanol–water partition coefficient (Wildman–Crippen LogP) is 4.44. The number of nitrogens with one attached hydrogen (secondary N) is 1. The van der Waals surface area contributed by atoms with Gasteiger partial charge < -0.3 is 10.1 Å². The van der Waals surface area contributed by atoms with Crippen LogP contribution in [-0.2, 0) is 4.79 Å². The molecule has 6 heteroatoms. The summed E-state index contributed by atoms with van der Waals surface area (Å²) in [6.07, 6.45) is 1.25. The summed E-state index contributed by atoms with van der Waals surface area (Å²) in [6.45, 7) is -0.129. The molecule has 1 N–H and O–H groups in total. The fourth-order valence-corrected chi connectivity index (χ4v) is 5.34. The summed E-state index contributed by atoms with van der Waals surface area (Å²) in [5.74, 6) is 2.54. The van der Waals surface area contributed by atoms with Gasteiger partial charge in [-0.15, -0.1) is 23.5 Å². The van der Waals surface area contributed by atoms with E-state index in [1.807, 2.05) is 41.7 Å². The number of rotatable bonds is 5. The van der Waals surface area contributed by atoms with Crippen LogP contribution in [0.25, 0.3) is 0 Å². The van der Waals surface area contributed by atoms with Gasteiger partial charge in [0.15, 0.2) is 6.61 Å². The Bertz CT molecular complexity index is 783.